The van der Waals surface area contributed by atoms with Gasteiger partial charge in [-0.2, -0.15) is 0 Å². The summed E-state index contributed by atoms with van der Waals surface area (Å²) in [5, 5.41) is 9.70. The summed E-state index contributed by atoms with van der Waals surface area (Å²) in [5.41, 5.74) is -0.489. The topological polar surface area (TPSA) is 56.7 Å². The van der Waals surface area contributed by atoms with Gasteiger partial charge in [0.2, 0.25) is 5.91 Å². The summed E-state index contributed by atoms with van der Waals surface area (Å²) in [7, 11) is 0. The van der Waals surface area contributed by atoms with Crippen LogP contribution in [-0.4, -0.2) is 52.7 Å². The number of aliphatic hydroxyl groups is 1. The Morgan fingerprint density at radius 3 is 2.65 bits per heavy atom. The van der Waals surface area contributed by atoms with Crippen molar-refractivity contribution < 1.29 is 18.7 Å². The molecule has 5 nitrogen and oxygen atoms in total. The van der Waals surface area contributed by atoms with Gasteiger partial charge in [0.05, 0.1) is 17.7 Å². The second-order valence-corrected chi connectivity index (χ2v) is 7.98. The molecule has 1 aromatic heterocycles. The van der Waals surface area contributed by atoms with Crippen LogP contribution in [0.1, 0.15) is 44.9 Å². The second-order valence-electron chi connectivity index (χ2n) is 7.98. The monoisotopic (exact) mass is 365 g/mol. The number of hydrogen-bond acceptors (Lipinski definition) is 4. The van der Waals surface area contributed by atoms with Crippen LogP contribution < -0.4 is 4.90 Å². The zero-order chi connectivity index (χ0) is 18.3. The lowest BCUT2D eigenvalue weighted by atomic mass is 9.78. The molecule has 1 atom stereocenters. The van der Waals surface area contributed by atoms with E-state index in [1.807, 2.05) is 4.90 Å². The zero-order valence-corrected chi connectivity index (χ0v) is 14.8. The molecule has 3 heterocycles. The Labute approximate surface area is 152 Å². The number of hydrogen-bond donors (Lipinski definition) is 1. The van der Waals surface area contributed by atoms with Gasteiger partial charge in [-0.05, 0) is 44.9 Å². The third-order valence-corrected chi connectivity index (χ3v) is 6.32. The van der Waals surface area contributed by atoms with Crippen LogP contribution in [0, 0.1) is 17.0 Å². The molecule has 2 aliphatic heterocycles. The summed E-state index contributed by atoms with van der Waals surface area (Å²) in [5.74, 6) is -1.07. The van der Waals surface area contributed by atoms with Gasteiger partial charge in [-0.15, -0.1) is 0 Å². The second kappa shape index (κ2) is 6.76. The van der Waals surface area contributed by atoms with E-state index in [9.17, 15) is 18.7 Å². The van der Waals surface area contributed by atoms with Crippen molar-refractivity contribution in [1.82, 2.24) is 9.88 Å². The fraction of sp³-hybridized carbons (Fsp3) is 0.684. The van der Waals surface area contributed by atoms with Gasteiger partial charge in [-0.3, -0.25) is 4.79 Å². The van der Waals surface area contributed by atoms with E-state index >= 15 is 0 Å². The van der Waals surface area contributed by atoms with Gasteiger partial charge >= 0.3 is 0 Å². The highest BCUT2D eigenvalue weighted by molar-refractivity contribution is 5.86. The Bertz CT molecular complexity index is 693. The van der Waals surface area contributed by atoms with Crippen molar-refractivity contribution in [3.05, 3.63) is 23.9 Å². The number of aliphatic hydroxyl groups excluding tert-OH is 1. The number of rotatable bonds is 2. The van der Waals surface area contributed by atoms with E-state index in [1.165, 1.54) is 0 Å². The highest BCUT2D eigenvalue weighted by Crippen LogP contribution is 2.43. The van der Waals surface area contributed by atoms with Crippen molar-refractivity contribution in [2.24, 2.45) is 5.41 Å². The number of anilines is 1. The first-order valence-electron chi connectivity index (χ1n) is 9.54. The molecule has 0 bridgehead atoms. The molecule has 1 aliphatic carbocycles. The van der Waals surface area contributed by atoms with Crippen molar-refractivity contribution in [2.45, 2.75) is 57.1 Å². The molecule has 1 saturated carbocycles. The van der Waals surface area contributed by atoms with Crippen LogP contribution in [0.15, 0.2) is 12.3 Å². The van der Waals surface area contributed by atoms with Gasteiger partial charge in [-0.1, -0.05) is 0 Å². The van der Waals surface area contributed by atoms with Crippen LogP contribution in [0.3, 0.4) is 0 Å². The normalized spacial score (nSPS) is 32.5. The Kier molecular flexibility index (Phi) is 4.59. The molecule has 0 aromatic carbocycles. The first kappa shape index (κ1) is 17.6. The molecule has 1 N–H and O–H groups in total. The number of likely N-dealkylation sites (tertiary alicyclic amines) is 1. The van der Waals surface area contributed by atoms with E-state index in [0.717, 1.165) is 63.8 Å². The summed E-state index contributed by atoms with van der Waals surface area (Å²) in [6, 6.07) is 1.06. The van der Waals surface area contributed by atoms with E-state index < -0.39 is 17.0 Å². The fourth-order valence-corrected chi connectivity index (χ4v) is 4.90. The molecule has 3 aliphatic rings. The molecule has 142 valence electrons. The number of halogens is 2. The molecule has 26 heavy (non-hydrogen) atoms. The SMILES string of the molecule is O=C1N([C@H]2CC[C@H](O)CC2)CC[C@]12CCCN(c1ncc(F)cc1F)C2. The molecule has 0 radical (unpaired) electrons. The third-order valence-electron chi connectivity index (χ3n) is 6.32. The minimum absolute atomic E-state index is 0.137. The first-order valence-corrected chi connectivity index (χ1v) is 9.54. The Morgan fingerprint density at radius 1 is 1.15 bits per heavy atom. The number of amides is 1. The molecule has 1 aromatic rings. The van der Waals surface area contributed by atoms with Gasteiger partial charge in [0.25, 0.3) is 0 Å². The molecule has 0 unspecified atom stereocenters. The lowest BCUT2D eigenvalue weighted by Gasteiger charge is -2.41. The van der Waals surface area contributed by atoms with E-state index in [2.05, 4.69) is 4.98 Å². The maximum absolute atomic E-state index is 14.1. The summed E-state index contributed by atoms with van der Waals surface area (Å²) >= 11 is 0. The molecule has 1 amide bonds. The van der Waals surface area contributed by atoms with Gasteiger partial charge in [0.15, 0.2) is 11.6 Å². The maximum Gasteiger partial charge on any atom is 0.230 e. The number of pyridine rings is 1. The van der Waals surface area contributed by atoms with Crippen LogP contribution in [0.4, 0.5) is 14.6 Å². The van der Waals surface area contributed by atoms with Gasteiger partial charge < -0.3 is 14.9 Å². The molecule has 7 heteroatoms. The van der Waals surface area contributed by atoms with Crippen molar-refractivity contribution in [3.8, 4) is 0 Å². The Hall–Kier alpha value is -1.76. The fourth-order valence-electron chi connectivity index (χ4n) is 4.90. The molecular weight excluding hydrogens is 340 g/mol. The lowest BCUT2D eigenvalue weighted by molar-refractivity contribution is -0.139. The van der Waals surface area contributed by atoms with E-state index in [0.29, 0.717) is 13.1 Å². The predicted molar refractivity (Wildman–Crippen MR) is 92.6 cm³/mol. The van der Waals surface area contributed by atoms with Gasteiger partial charge in [0.1, 0.15) is 5.82 Å². The minimum Gasteiger partial charge on any atom is -0.393 e. The standard InChI is InChI=1S/C19H25F2N3O2/c20-13-10-16(21)17(22-11-13)23-8-1-6-19(12-23)7-9-24(18(19)26)14-2-4-15(25)5-3-14/h10-11,14-15,25H,1-9,12H2/t14-,15-,19-/m0/s1. The molecule has 1 spiro atoms. The number of carbonyl (C=O) groups is 1. The number of piperidine rings is 1. The van der Waals surface area contributed by atoms with Crippen LogP contribution in [0.2, 0.25) is 0 Å². The highest BCUT2D eigenvalue weighted by atomic mass is 19.1. The first-order chi connectivity index (χ1) is 12.5. The Morgan fingerprint density at radius 2 is 1.92 bits per heavy atom. The average molecular weight is 365 g/mol. The molecule has 4 rings (SSSR count). The third kappa shape index (κ3) is 3.06. The molecular formula is C19H25F2N3O2. The van der Waals surface area contributed by atoms with Crippen molar-refractivity contribution >= 4 is 11.7 Å². The van der Waals surface area contributed by atoms with Gasteiger partial charge in [0, 0.05) is 31.7 Å². The molecule has 3 fully saturated rings. The Balaban J connectivity index is 1.50. The van der Waals surface area contributed by atoms with Crippen molar-refractivity contribution in [2.75, 3.05) is 24.5 Å². The largest absolute Gasteiger partial charge is 0.393 e. The predicted octanol–water partition coefficient (Wildman–Crippen LogP) is 2.48. The smallest absolute Gasteiger partial charge is 0.230 e. The van der Waals surface area contributed by atoms with Crippen molar-refractivity contribution in [1.29, 1.82) is 0 Å². The number of aromatic nitrogens is 1. The quantitative estimate of drug-likeness (QED) is 0.875. The van der Waals surface area contributed by atoms with Crippen LogP contribution in [0.25, 0.3) is 0 Å². The number of nitrogens with zero attached hydrogens (tertiary/aromatic N) is 3. The van der Waals surface area contributed by atoms with E-state index in [1.54, 1.807) is 4.90 Å². The summed E-state index contributed by atoms with van der Waals surface area (Å²) in [6.45, 7) is 1.79. The van der Waals surface area contributed by atoms with Crippen LogP contribution in [-0.2, 0) is 4.79 Å². The lowest BCUT2D eigenvalue weighted by Crippen LogP contribution is -2.50. The molecule has 2 saturated heterocycles. The summed E-state index contributed by atoms with van der Waals surface area (Å²) < 4.78 is 27.3. The van der Waals surface area contributed by atoms with Gasteiger partial charge in [-0.25, -0.2) is 13.8 Å². The van der Waals surface area contributed by atoms with E-state index in [4.69, 9.17) is 0 Å². The summed E-state index contributed by atoms with van der Waals surface area (Å²) in [4.78, 5) is 20.9. The van der Waals surface area contributed by atoms with E-state index in [-0.39, 0.29) is 23.9 Å². The summed E-state index contributed by atoms with van der Waals surface area (Å²) in [6.07, 6.45) is 6.34. The maximum atomic E-state index is 14.1. The average Bonchev–Trinajstić information content (AvgIpc) is 2.92. The van der Waals surface area contributed by atoms with Crippen LogP contribution in [0.5, 0.6) is 0 Å². The van der Waals surface area contributed by atoms with Crippen LogP contribution >= 0.6 is 0 Å². The number of carbonyl (C=O) groups excluding carboxylic acids is 1. The minimum atomic E-state index is -0.694. The highest BCUT2D eigenvalue weighted by Gasteiger charge is 2.51. The van der Waals surface area contributed by atoms with Crippen molar-refractivity contribution in [3.63, 3.8) is 0 Å². The zero-order valence-electron chi connectivity index (χ0n) is 14.8.